The number of hydrogen-bond acceptors (Lipinski definition) is 2. The smallest absolute Gasteiger partial charge is 0.248 e. The first kappa shape index (κ1) is 11.5. The summed E-state index contributed by atoms with van der Waals surface area (Å²) in [6.07, 6.45) is 3.49. The van der Waals surface area contributed by atoms with Gasteiger partial charge in [0.05, 0.1) is 0 Å². The van der Waals surface area contributed by atoms with Crippen molar-refractivity contribution in [1.29, 1.82) is 0 Å². The molecule has 3 atom stereocenters. The van der Waals surface area contributed by atoms with Crippen LogP contribution in [0, 0.1) is 11.8 Å². The van der Waals surface area contributed by atoms with Crippen molar-refractivity contribution in [3.8, 4) is 0 Å². The highest BCUT2D eigenvalue weighted by Crippen LogP contribution is 2.29. The first-order valence-corrected chi connectivity index (χ1v) is 5.44. The molecule has 0 heterocycles. The van der Waals surface area contributed by atoms with E-state index in [1.807, 2.05) is 0 Å². The summed E-state index contributed by atoms with van der Waals surface area (Å²) in [6.45, 7) is 4.86. The maximum absolute atomic E-state index is 11.4. The highest BCUT2D eigenvalue weighted by atomic mass is 16.5. The van der Waals surface area contributed by atoms with Gasteiger partial charge in [-0.05, 0) is 31.6 Å². The van der Waals surface area contributed by atoms with Gasteiger partial charge in [0.2, 0.25) is 5.91 Å². The molecule has 1 aliphatic rings. The van der Waals surface area contributed by atoms with Crippen LogP contribution in [-0.2, 0) is 9.53 Å². The Kier molecular flexibility index (Phi) is 4.39. The Morgan fingerprint density at radius 3 is 2.79 bits per heavy atom. The normalized spacial score (nSPS) is 28.8. The van der Waals surface area contributed by atoms with Gasteiger partial charge in [-0.2, -0.15) is 0 Å². The first-order chi connectivity index (χ1) is 6.63. The summed E-state index contributed by atoms with van der Waals surface area (Å²) in [5.41, 5.74) is 0. The van der Waals surface area contributed by atoms with Crippen molar-refractivity contribution in [3.63, 3.8) is 0 Å². The van der Waals surface area contributed by atoms with E-state index in [-0.39, 0.29) is 12.0 Å². The van der Waals surface area contributed by atoms with Crippen LogP contribution in [0.2, 0.25) is 0 Å². The summed E-state index contributed by atoms with van der Waals surface area (Å²) < 4.78 is 4.94. The van der Waals surface area contributed by atoms with Crippen molar-refractivity contribution >= 4 is 5.91 Å². The minimum atomic E-state index is -0.325. The molecule has 14 heavy (non-hydrogen) atoms. The van der Waals surface area contributed by atoms with Crippen LogP contribution < -0.4 is 5.32 Å². The first-order valence-electron chi connectivity index (χ1n) is 5.44. The van der Waals surface area contributed by atoms with E-state index in [2.05, 4.69) is 12.2 Å². The predicted molar refractivity (Wildman–Crippen MR) is 56.0 cm³/mol. The molecule has 3 unspecified atom stereocenters. The summed E-state index contributed by atoms with van der Waals surface area (Å²) in [5, 5.41) is 2.93. The van der Waals surface area contributed by atoms with E-state index >= 15 is 0 Å². The molecular weight excluding hydrogens is 178 g/mol. The van der Waals surface area contributed by atoms with Crippen molar-refractivity contribution in [1.82, 2.24) is 5.32 Å². The van der Waals surface area contributed by atoms with Gasteiger partial charge in [0, 0.05) is 13.7 Å². The van der Waals surface area contributed by atoms with Crippen molar-refractivity contribution in [2.24, 2.45) is 11.8 Å². The molecule has 0 aromatic heterocycles. The zero-order valence-electron chi connectivity index (χ0n) is 9.38. The topological polar surface area (TPSA) is 38.3 Å². The Labute approximate surface area is 86.2 Å². The van der Waals surface area contributed by atoms with Crippen molar-refractivity contribution < 1.29 is 9.53 Å². The van der Waals surface area contributed by atoms with Gasteiger partial charge in [-0.15, -0.1) is 0 Å². The quantitative estimate of drug-likeness (QED) is 0.746. The fourth-order valence-corrected chi connectivity index (χ4v) is 2.01. The molecule has 0 aromatic rings. The van der Waals surface area contributed by atoms with E-state index in [4.69, 9.17) is 4.74 Å². The van der Waals surface area contributed by atoms with Crippen LogP contribution in [0.5, 0.6) is 0 Å². The maximum atomic E-state index is 11.4. The molecule has 0 aliphatic heterocycles. The van der Waals surface area contributed by atoms with Crippen LogP contribution in [0.15, 0.2) is 0 Å². The van der Waals surface area contributed by atoms with Gasteiger partial charge in [-0.3, -0.25) is 4.79 Å². The largest absolute Gasteiger partial charge is 0.372 e. The average Bonchev–Trinajstić information content (AvgIpc) is 2.59. The molecule has 1 saturated carbocycles. The van der Waals surface area contributed by atoms with Gasteiger partial charge in [-0.1, -0.05) is 13.3 Å². The molecule has 0 aromatic carbocycles. The molecule has 0 radical (unpaired) electrons. The summed E-state index contributed by atoms with van der Waals surface area (Å²) in [4.78, 5) is 11.4. The number of nitrogens with one attached hydrogen (secondary N) is 1. The maximum Gasteiger partial charge on any atom is 0.248 e. The fourth-order valence-electron chi connectivity index (χ4n) is 2.01. The second-order valence-corrected chi connectivity index (χ2v) is 4.41. The predicted octanol–water partition coefficient (Wildman–Crippen LogP) is 1.57. The minimum absolute atomic E-state index is 0.00653. The molecule has 1 N–H and O–H groups in total. The third kappa shape index (κ3) is 3.29. The molecule has 1 aliphatic carbocycles. The molecule has 0 spiro atoms. The molecular formula is C11H21NO2. The van der Waals surface area contributed by atoms with E-state index in [0.29, 0.717) is 5.92 Å². The summed E-state index contributed by atoms with van der Waals surface area (Å²) in [7, 11) is 1.56. The molecule has 82 valence electrons. The molecule has 0 saturated heterocycles. The van der Waals surface area contributed by atoms with Crippen LogP contribution in [0.3, 0.4) is 0 Å². The van der Waals surface area contributed by atoms with Gasteiger partial charge in [0.25, 0.3) is 0 Å². The third-order valence-corrected chi connectivity index (χ3v) is 3.09. The SMILES string of the molecule is COC(C)C(=O)NCC1CCC(C)C1. The summed E-state index contributed by atoms with van der Waals surface area (Å²) in [6, 6.07) is 0. The zero-order valence-corrected chi connectivity index (χ0v) is 9.38. The number of carbonyl (C=O) groups is 1. The Balaban J connectivity index is 2.17. The number of hydrogen-bond donors (Lipinski definition) is 1. The molecule has 3 nitrogen and oxygen atoms in total. The van der Waals surface area contributed by atoms with E-state index in [1.165, 1.54) is 19.3 Å². The van der Waals surface area contributed by atoms with Crippen molar-refractivity contribution in [2.75, 3.05) is 13.7 Å². The van der Waals surface area contributed by atoms with Crippen molar-refractivity contribution in [2.45, 2.75) is 39.2 Å². The lowest BCUT2D eigenvalue weighted by molar-refractivity contribution is -0.130. The Morgan fingerprint density at radius 2 is 2.29 bits per heavy atom. The summed E-state index contributed by atoms with van der Waals surface area (Å²) >= 11 is 0. The second-order valence-electron chi connectivity index (χ2n) is 4.41. The third-order valence-electron chi connectivity index (χ3n) is 3.09. The van der Waals surface area contributed by atoms with Crippen LogP contribution >= 0.6 is 0 Å². The van der Waals surface area contributed by atoms with E-state index < -0.39 is 0 Å². The summed E-state index contributed by atoms with van der Waals surface area (Å²) in [5.74, 6) is 1.52. The molecule has 1 fully saturated rings. The standard InChI is InChI=1S/C11H21NO2/c1-8-4-5-10(6-8)7-12-11(13)9(2)14-3/h8-10H,4-7H2,1-3H3,(H,12,13). The van der Waals surface area contributed by atoms with Crippen molar-refractivity contribution in [3.05, 3.63) is 0 Å². The van der Waals surface area contributed by atoms with Gasteiger partial charge in [-0.25, -0.2) is 0 Å². The fraction of sp³-hybridized carbons (Fsp3) is 0.909. The Morgan fingerprint density at radius 1 is 1.57 bits per heavy atom. The van der Waals surface area contributed by atoms with Crippen LogP contribution in [-0.4, -0.2) is 25.7 Å². The monoisotopic (exact) mass is 199 g/mol. The second kappa shape index (κ2) is 5.35. The van der Waals surface area contributed by atoms with Crippen LogP contribution in [0.25, 0.3) is 0 Å². The lowest BCUT2D eigenvalue weighted by Crippen LogP contribution is -2.36. The van der Waals surface area contributed by atoms with E-state index in [9.17, 15) is 4.79 Å². The van der Waals surface area contributed by atoms with Gasteiger partial charge < -0.3 is 10.1 Å². The van der Waals surface area contributed by atoms with Gasteiger partial charge >= 0.3 is 0 Å². The highest BCUT2D eigenvalue weighted by molar-refractivity contribution is 5.80. The minimum Gasteiger partial charge on any atom is -0.372 e. The van der Waals surface area contributed by atoms with E-state index in [0.717, 1.165) is 12.5 Å². The number of carbonyl (C=O) groups excluding carboxylic acids is 1. The van der Waals surface area contributed by atoms with E-state index in [1.54, 1.807) is 14.0 Å². The van der Waals surface area contributed by atoms with Crippen LogP contribution in [0.1, 0.15) is 33.1 Å². The lowest BCUT2D eigenvalue weighted by atomic mass is 10.1. The molecule has 1 amide bonds. The highest BCUT2D eigenvalue weighted by Gasteiger charge is 2.22. The number of ether oxygens (including phenoxy) is 1. The zero-order chi connectivity index (χ0) is 10.6. The Bertz CT molecular complexity index is 194. The van der Waals surface area contributed by atoms with Gasteiger partial charge in [0.1, 0.15) is 6.10 Å². The number of rotatable bonds is 4. The molecule has 3 heteroatoms. The number of amides is 1. The Hall–Kier alpha value is -0.570. The lowest BCUT2D eigenvalue weighted by Gasteiger charge is -2.14. The molecule has 1 rings (SSSR count). The van der Waals surface area contributed by atoms with Crippen LogP contribution in [0.4, 0.5) is 0 Å². The van der Waals surface area contributed by atoms with Gasteiger partial charge in [0.15, 0.2) is 0 Å². The average molecular weight is 199 g/mol. The number of methoxy groups -OCH3 is 1. The molecule has 0 bridgehead atoms.